The maximum atomic E-state index is 13.3. The van der Waals surface area contributed by atoms with E-state index in [9.17, 15) is 26.3 Å². The second-order valence-electron chi connectivity index (χ2n) is 6.64. The number of halogens is 6. The Bertz CT molecular complexity index is 1110. The lowest BCUT2D eigenvalue weighted by Gasteiger charge is -2.17. The minimum absolute atomic E-state index is 0.0308. The van der Waals surface area contributed by atoms with Crippen LogP contribution in [0.5, 0.6) is 23.0 Å². The number of nitrogens with two attached hydrogens (primary N) is 2. The van der Waals surface area contributed by atoms with Gasteiger partial charge < -0.3 is 20.9 Å². The minimum Gasteiger partial charge on any atom is -0.457 e. The second-order valence-corrected chi connectivity index (χ2v) is 6.64. The number of anilines is 2. The van der Waals surface area contributed by atoms with E-state index in [1.165, 1.54) is 30.3 Å². The summed E-state index contributed by atoms with van der Waals surface area (Å²) in [4.78, 5) is 0. The van der Waals surface area contributed by atoms with Crippen molar-refractivity contribution in [3.8, 4) is 23.0 Å². The third-order valence-electron chi connectivity index (χ3n) is 4.23. The molecule has 0 aliphatic rings. The fourth-order valence-corrected chi connectivity index (χ4v) is 2.72. The van der Waals surface area contributed by atoms with E-state index in [0.717, 1.165) is 24.3 Å². The van der Waals surface area contributed by atoms with E-state index in [-0.39, 0.29) is 22.9 Å². The molecule has 10 heteroatoms. The van der Waals surface area contributed by atoms with Gasteiger partial charge in [0.05, 0.1) is 0 Å². The SMILES string of the molecule is Cc1ccc(Oc2ccc(N)cc2C(F)(F)F)cc1Oc1ccc(N)cc1C(F)(F)F. The van der Waals surface area contributed by atoms with Crippen LogP contribution in [0.2, 0.25) is 0 Å². The molecule has 0 radical (unpaired) electrons. The number of benzene rings is 3. The van der Waals surface area contributed by atoms with Crippen LogP contribution in [0, 0.1) is 6.92 Å². The monoisotopic (exact) mass is 442 g/mol. The molecule has 0 heterocycles. The first-order valence-corrected chi connectivity index (χ1v) is 8.74. The van der Waals surface area contributed by atoms with Crippen molar-refractivity contribution in [3.63, 3.8) is 0 Å². The molecule has 4 N–H and O–H groups in total. The van der Waals surface area contributed by atoms with Crippen molar-refractivity contribution in [2.45, 2.75) is 19.3 Å². The smallest absolute Gasteiger partial charge is 0.420 e. The first-order chi connectivity index (χ1) is 14.3. The van der Waals surface area contributed by atoms with Gasteiger partial charge in [-0.3, -0.25) is 0 Å². The zero-order valence-electron chi connectivity index (χ0n) is 15.9. The van der Waals surface area contributed by atoms with Crippen molar-refractivity contribution in [2.24, 2.45) is 0 Å². The highest BCUT2D eigenvalue weighted by atomic mass is 19.4. The van der Waals surface area contributed by atoms with Gasteiger partial charge in [0.2, 0.25) is 0 Å². The molecule has 0 saturated carbocycles. The first-order valence-electron chi connectivity index (χ1n) is 8.74. The topological polar surface area (TPSA) is 70.5 Å². The molecule has 0 saturated heterocycles. The lowest BCUT2D eigenvalue weighted by Crippen LogP contribution is -2.08. The molecular formula is C21H16F6N2O2. The van der Waals surface area contributed by atoms with Crippen molar-refractivity contribution in [1.82, 2.24) is 0 Å². The third kappa shape index (κ3) is 5.14. The van der Waals surface area contributed by atoms with Crippen LogP contribution in [0.1, 0.15) is 16.7 Å². The zero-order valence-corrected chi connectivity index (χ0v) is 15.9. The molecule has 3 rings (SSSR count). The van der Waals surface area contributed by atoms with E-state index in [2.05, 4.69) is 0 Å². The molecule has 0 unspecified atom stereocenters. The van der Waals surface area contributed by atoms with Gasteiger partial charge in [-0.25, -0.2) is 0 Å². The molecule has 3 aromatic rings. The number of alkyl halides is 6. The largest absolute Gasteiger partial charge is 0.457 e. The van der Waals surface area contributed by atoms with E-state index >= 15 is 0 Å². The molecule has 0 atom stereocenters. The van der Waals surface area contributed by atoms with Crippen LogP contribution in [-0.2, 0) is 12.4 Å². The van der Waals surface area contributed by atoms with Gasteiger partial charge in [-0.15, -0.1) is 0 Å². The highest BCUT2D eigenvalue weighted by Crippen LogP contribution is 2.42. The molecule has 0 aromatic heterocycles. The van der Waals surface area contributed by atoms with Crippen molar-refractivity contribution < 1.29 is 35.8 Å². The van der Waals surface area contributed by atoms with Crippen molar-refractivity contribution in [2.75, 3.05) is 11.5 Å². The van der Waals surface area contributed by atoms with Crippen molar-refractivity contribution >= 4 is 11.4 Å². The van der Waals surface area contributed by atoms with E-state index < -0.39 is 35.0 Å². The van der Waals surface area contributed by atoms with Crippen LogP contribution < -0.4 is 20.9 Å². The van der Waals surface area contributed by atoms with Gasteiger partial charge in [0.25, 0.3) is 0 Å². The number of rotatable bonds is 4. The van der Waals surface area contributed by atoms with Gasteiger partial charge in [-0.2, -0.15) is 26.3 Å². The predicted molar refractivity (Wildman–Crippen MR) is 103 cm³/mol. The van der Waals surface area contributed by atoms with Gasteiger partial charge in [0, 0.05) is 17.4 Å². The fourth-order valence-electron chi connectivity index (χ4n) is 2.72. The molecule has 0 spiro atoms. The standard InChI is InChI=1S/C21H16F6N2O2/c1-11-2-5-14(30-17-6-3-12(28)8-15(17)20(22,23)24)10-19(11)31-18-7-4-13(29)9-16(18)21(25,26)27/h2-10H,28-29H2,1H3. The summed E-state index contributed by atoms with van der Waals surface area (Å²) in [7, 11) is 0. The van der Waals surface area contributed by atoms with Crippen LogP contribution in [0.25, 0.3) is 0 Å². The van der Waals surface area contributed by atoms with E-state index in [1.54, 1.807) is 6.92 Å². The number of hydrogen-bond acceptors (Lipinski definition) is 4. The number of nitrogen functional groups attached to an aromatic ring is 2. The molecule has 3 aromatic carbocycles. The van der Waals surface area contributed by atoms with Crippen molar-refractivity contribution in [1.29, 1.82) is 0 Å². The average Bonchev–Trinajstić information content (AvgIpc) is 2.65. The van der Waals surface area contributed by atoms with Crippen molar-refractivity contribution in [3.05, 3.63) is 71.3 Å². The number of ether oxygens (including phenoxy) is 2. The summed E-state index contributed by atoms with van der Waals surface area (Å²) in [6, 6.07) is 10.1. The highest BCUT2D eigenvalue weighted by molar-refractivity contribution is 5.53. The maximum Gasteiger partial charge on any atom is 0.420 e. The molecule has 4 nitrogen and oxygen atoms in total. The summed E-state index contributed by atoms with van der Waals surface area (Å²) in [5, 5.41) is 0. The van der Waals surface area contributed by atoms with Gasteiger partial charge in [0.15, 0.2) is 0 Å². The molecular weight excluding hydrogens is 426 g/mol. The molecule has 0 aliphatic heterocycles. The third-order valence-corrected chi connectivity index (χ3v) is 4.23. The highest BCUT2D eigenvalue weighted by Gasteiger charge is 2.36. The molecule has 164 valence electrons. The summed E-state index contributed by atoms with van der Waals surface area (Å²) in [6.45, 7) is 1.56. The number of hydrogen-bond donors (Lipinski definition) is 2. The predicted octanol–water partition coefficient (Wildman–Crippen LogP) is 6.78. The Morgan fingerprint density at radius 2 is 1.10 bits per heavy atom. The summed E-state index contributed by atoms with van der Waals surface area (Å²) in [5.41, 5.74) is 8.93. The summed E-state index contributed by atoms with van der Waals surface area (Å²) < 4.78 is 90.5. The van der Waals surface area contributed by atoms with Crippen LogP contribution >= 0.6 is 0 Å². The molecule has 0 aliphatic carbocycles. The van der Waals surface area contributed by atoms with Crippen LogP contribution in [0.4, 0.5) is 37.7 Å². The Labute approximate surface area is 173 Å². The summed E-state index contributed by atoms with van der Waals surface area (Å²) in [6.07, 6.45) is -9.45. The van der Waals surface area contributed by atoms with Crippen LogP contribution in [0.15, 0.2) is 54.6 Å². The zero-order chi connectivity index (χ0) is 23.0. The van der Waals surface area contributed by atoms with Crippen LogP contribution in [0.3, 0.4) is 0 Å². The van der Waals surface area contributed by atoms with Gasteiger partial charge in [-0.1, -0.05) is 6.07 Å². The molecule has 0 bridgehead atoms. The molecule has 31 heavy (non-hydrogen) atoms. The quantitative estimate of drug-likeness (QED) is 0.345. The minimum atomic E-state index is -4.72. The fraction of sp³-hybridized carbons (Fsp3) is 0.143. The average molecular weight is 442 g/mol. The summed E-state index contributed by atoms with van der Waals surface area (Å²) in [5.74, 6) is -1.12. The molecule has 0 fully saturated rings. The first kappa shape index (κ1) is 22.1. The Morgan fingerprint density at radius 3 is 1.58 bits per heavy atom. The van der Waals surface area contributed by atoms with Crippen LogP contribution in [-0.4, -0.2) is 0 Å². The lowest BCUT2D eigenvalue weighted by molar-refractivity contribution is -0.139. The van der Waals surface area contributed by atoms with Gasteiger partial charge in [-0.05, 0) is 55.0 Å². The Hall–Kier alpha value is -3.56. The maximum absolute atomic E-state index is 13.3. The normalized spacial score (nSPS) is 12.0. The Kier molecular flexibility index (Phi) is 5.66. The number of aryl methyl sites for hydroxylation is 1. The van der Waals surface area contributed by atoms with E-state index in [4.69, 9.17) is 20.9 Å². The molecule has 0 amide bonds. The Balaban J connectivity index is 1.97. The lowest BCUT2D eigenvalue weighted by atomic mass is 10.1. The van der Waals surface area contributed by atoms with Gasteiger partial charge in [0.1, 0.15) is 34.1 Å². The van der Waals surface area contributed by atoms with Gasteiger partial charge >= 0.3 is 12.4 Å². The summed E-state index contributed by atoms with van der Waals surface area (Å²) >= 11 is 0. The van der Waals surface area contributed by atoms with E-state index in [1.807, 2.05) is 0 Å². The second kappa shape index (κ2) is 7.93. The Morgan fingerprint density at radius 1 is 0.613 bits per heavy atom. The van der Waals surface area contributed by atoms with E-state index in [0.29, 0.717) is 5.56 Å².